The van der Waals surface area contributed by atoms with E-state index in [1.807, 2.05) is 0 Å². The van der Waals surface area contributed by atoms with E-state index in [-0.39, 0.29) is 27.1 Å². The predicted molar refractivity (Wildman–Crippen MR) is 379 cm³/mol. The van der Waals surface area contributed by atoms with Crippen molar-refractivity contribution in [3.05, 3.63) is 180 Å². The smallest absolute Gasteiger partial charge is 0.163 e. The van der Waals surface area contributed by atoms with Crippen LogP contribution in [0.5, 0.6) is 0 Å². The largest absolute Gasteiger partial charge is 0.311 e. The van der Waals surface area contributed by atoms with Crippen molar-refractivity contribution in [1.29, 1.82) is 0 Å². The summed E-state index contributed by atoms with van der Waals surface area (Å²) in [5.74, 6) is 16.9. The quantitative estimate of drug-likeness (QED) is 0.139. The molecule has 16 bridgehead atoms. The Balaban J connectivity index is 0.000000126. The zero-order chi connectivity index (χ0) is 62.2. The molecule has 9 heteroatoms. The van der Waals surface area contributed by atoms with Gasteiger partial charge in [-0.2, -0.15) is 0 Å². The van der Waals surface area contributed by atoms with Crippen LogP contribution in [0.25, 0.3) is 22.8 Å². The Hall–Kier alpha value is -6.84. The fourth-order valence-corrected chi connectivity index (χ4v) is 29.4. The summed E-state index contributed by atoms with van der Waals surface area (Å²) in [5, 5.41) is 3.01. The van der Waals surface area contributed by atoms with Crippen LogP contribution in [0.2, 0.25) is 13.1 Å². The molecule has 6 aromatic carbocycles. The maximum Gasteiger partial charge on any atom is 0.163 e. The summed E-state index contributed by atoms with van der Waals surface area (Å²) < 4.78 is 0. The molecule has 4 heterocycles. The van der Waals surface area contributed by atoms with Crippen LogP contribution in [-0.2, 0) is 27.1 Å². The van der Waals surface area contributed by atoms with Crippen LogP contribution < -0.4 is 20.2 Å². The fraction of sp³-hybridized carbons (Fsp3) is 0.506. The lowest BCUT2D eigenvalue weighted by Crippen LogP contribution is -2.58. The van der Waals surface area contributed by atoms with E-state index in [4.69, 9.17) is 29.9 Å². The molecule has 26 rings (SSSR count). The van der Waals surface area contributed by atoms with Gasteiger partial charge in [0, 0.05) is 61.0 Å². The van der Waals surface area contributed by atoms with Crippen molar-refractivity contribution in [2.75, 3.05) is 9.80 Å². The number of benzene rings is 6. The van der Waals surface area contributed by atoms with Crippen LogP contribution in [0, 0.1) is 71.0 Å². The lowest BCUT2D eigenvalue weighted by molar-refractivity contribution is -0.0155. The van der Waals surface area contributed by atoms with E-state index in [0.29, 0.717) is 0 Å². The zero-order valence-electron chi connectivity index (χ0n) is 55.9. The molecule has 8 nitrogen and oxygen atoms in total. The molecular formula is C85H92N8Si. The van der Waals surface area contributed by atoms with Crippen LogP contribution in [0.1, 0.15) is 190 Å². The lowest BCUT2D eigenvalue weighted by Gasteiger charge is -2.57. The van der Waals surface area contributed by atoms with E-state index in [2.05, 4.69) is 182 Å². The number of rotatable bonds is 8. The van der Waals surface area contributed by atoms with Gasteiger partial charge in [-0.25, -0.2) is 29.9 Å². The molecule has 0 saturated heterocycles. The SMILES string of the molecule is CC1(C)c2ccccc2N(c2ccc(-c3nc(C45CC6CC(CC4C6)C5)nc(C45CC6CC(CC4C6)C5)n3)cc2)c2ccccc21.C[Si]1(C)c2ccccc2N(c2ccc(-c3nc(C45CC6CC(CC(C6)C4)C5)nc(C45CC6CC(CC(C6)C4)C5)n3)cc2)c2ccccc21. The second kappa shape index (κ2) is 19.9. The Morgan fingerprint density at radius 2 is 0.617 bits per heavy atom. The number of anilines is 6. The van der Waals surface area contributed by atoms with Gasteiger partial charge in [0.15, 0.2) is 11.6 Å². The first kappa shape index (κ1) is 56.3. The highest BCUT2D eigenvalue weighted by Crippen LogP contribution is 2.69. The number of nitrogens with zero attached hydrogens (tertiary/aromatic N) is 8. The number of fused-ring (bicyclic) bond motifs is 4. The molecule has 94 heavy (non-hydrogen) atoms. The molecule has 2 aromatic heterocycles. The van der Waals surface area contributed by atoms with E-state index in [9.17, 15) is 0 Å². The van der Waals surface area contributed by atoms with Crippen LogP contribution >= 0.6 is 0 Å². The Bertz CT molecular complexity index is 4090. The highest BCUT2D eigenvalue weighted by Gasteiger charge is 2.63. The van der Waals surface area contributed by atoms with Crippen LogP contribution in [0.4, 0.5) is 34.1 Å². The van der Waals surface area contributed by atoms with E-state index < -0.39 is 8.07 Å². The average molecular weight is 1250 g/mol. The third-order valence-electron chi connectivity index (χ3n) is 29.2. The van der Waals surface area contributed by atoms with Crippen LogP contribution in [0.3, 0.4) is 0 Å². The van der Waals surface area contributed by atoms with Gasteiger partial charge in [-0.1, -0.05) is 99.7 Å². The van der Waals surface area contributed by atoms with Crippen LogP contribution in [-0.4, -0.2) is 38.0 Å². The molecule has 0 radical (unpaired) electrons. The minimum Gasteiger partial charge on any atom is -0.311 e. The van der Waals surface area contributed by atoms with Crippen molar-refractivity contribution in [2.24, 2.45) is 71.0 Å². The minimum absolute atomic E-state index is 0.0575. The molecule has 16 fully saturated rings. The average Bonchev–Trinajstić information content (AvgIpc) is 1.41. The minimum atomic E-state index is -1.81. The highest BCUT2D eigenvalue weighted by atomic mass is 28.3. The standard InChI is InChI=1S/C43H48N4Si.C42H44N4/c1-48(2)37-9-5-3-7-35(37)47(36-8-4-6-10-38(36)48)34-13-11-33(12-14-34)39-44-40(42-21-27-15-28(22-42)17-29(16-27)23-42)46-41(45-39)43-24-30-18-31(25-43)20-32(19-30)26-43;1-40(2)33-7-3-5-9-35(33)46(36-10-6-4-8-34(36)40)32-13-11-29(12-14-32)37-43-38(41-21-25-15-26(22-41)18-30(41)17-25)45-39(44-37)42-23-27-16-28(24-42)20-31(42)19-27/h3-14,27-32H,15-26H2,1-2H3;3-14,25-28,30-31H,15-24H2,1-2H3. The van der Waals surface area contributed by atoms with Crippen molar-refractivity contribution >= 4 is 52.6 Å². The molecule has 16 saturated carbocycles. The molecule has 2 aliphatic heterocycles. The molecule has 16 aliphatic carbocycles. The Kier molecular flexibility index (Phi) is 11.9. The summed E-state index contributed by atoms with van der Waals surface area (Å²) in [6.45, 7) is 9.69. The molecule has 0 amide bonds. The van der Waals surface area contributed by atoms with Gasteiger partial charge in [-0.05, 0) is 307 Å². The number of hydrogen-bond donors (Lipinski definition) is 0. The highest BCUT2D eigenvalue weighted by molar-refractivity contribution is 7.02. The molecule has 0 N–H and O–H groups in total. The second-order valence-electron chi connectivity index (χ2n) is 35.5. The van der Waals surface area contributed by atoms with Gasteiger partial charge < -0.3 is 9.80 Å². The van der Waals surface area contributed by atoms with Gasteiger partial charge in [0.2, 0.25) is 0 Å². The Morgan fingerprint density at radius 1 is 0.319 bits per heavy atom. The van der Waals surface area contributed by atoms with Crippen molar-refractivity contribution < 1.29 is 0 Å². The third-order valence-corrected chi connectivity index (χ3v) is 32.7. The van der Waals surface area contributed by atoms with E-state index in [0.717, 1.165) is 93.8 Å². The fourth-order valence-electron chi connectivity index (χ4n) is 26.4. The normalized spacial score (nSPS) is 36.5. The maximum atomic E-state index is 5.67. The van der Waals surface area contributed by atoms with Crippen molar-refractivity contribution in [3.63, 3.8) is 0 Å². The van der Waals surface area contributed by atoms with Crippen molar-refractivity contribution in [1.82, 2.24) is 29.9 Å². The molecular weight excluding hydrogens is 1160 g/mol. The molecule has 476 valence electrons. The van der Waals surface area contributed by atoms with Crippen molar-refractivity contribution in [3.8, 4) is 22.8 Å². The van der Waals surface area contributed by atoms with Crippen LogP contribution in [0.15, 0.2) is 146 Å². The van der Waals surface area contributed by atoms with Gasteiger partial charge in [-0.3, -0.25) is 0 Å². The van der Waals surface area contributed by atoms with Gasteiger partial charge >= 0.3 is 0 Å². The topological polar surface area (TPSA) is 83.8 Å². The summed E-state index contributed by atoms with van der Waals surface area (Å²) in [4.78, 5) is 38.2. The zero-order valence-corrected chi connectivity index (χ0v) is 56.9. The number of hydrogen-bond acceptors (Lipinski definition) is 8. The molecule has 0 spiro atoms. The molecule has 8 aromatic rings. The monoisotopic (exact) mass is 1250 g/mol. The predicted octanol–water partition coefficient (Wildman–Crippen LogP) is 18.9. The van der Waals surface area contributed by atoms with Crippen molar-refractivity contribution in [2.45, 2.75) is 195 Å². The summed E-state index contributed by atoms with van der Waals surface area (Å²) in [6, 6.07) is 54.4. The summed E-state index contributed by atoms with van der Waals surface area (Å²) in [6.07, 6.45) is 30.2. The third kappa shape index (κ3) is 8.20. The summed E-state index contributed by atoms with van der Waals surface area (Å²) in [5.41, 5.74) is 13.3. The first-order valence-electron chi connectivity index (χ1n) is 37.5. The lowest BCUT2D eigenvalue weighted by atomic mass is 9.49. The number of para-hydroxylation sites is 4. The van der Waals surface area contributed by atoms with E-state index >= 15 is 0 Å². The molecule has 18 aliphatic rings. The first-order chi connectivity index (χ1) is 45.7. The van der Waals surface area contributed by atoms with Gasteiger partial charge in [0.1, 0.15) is 31.4 Å². The molecule has 4 atom stereocenters. The summed E-state index contributed by atoms with van der Waals surface area (Å²) >= 11 is 0. The van der Waals surface area contributed by atoms with E-state index in [1.54, 1.807) is 0 Å². The van der Waals surface area contributed by atoms with Gasteiger partial charge in [0.25, 0.3) is 0 Å². The van der Waals surface area contributed by atoms with E-state index in [1.165, 1.54) is 220 Å². The second-order valence-corrected chi connectivity index (χ2v) is 39.8. The Morgan fingerprint density at radius 3 is 0.989 bits per heavy atom. The first-order valence-corrected chi connectivity index (χ1v) is 40.5. The Labute approximate surface area is 558 Å². The maximum absolute atomic E-state index is 5.67. The summed E-state index contributed by atoms with van der Waals surface area (Å²) in [7, 11) is -1.81. The van der Waals surface area contributed by atoms with Gasteiger partial charge in [0.05, 0.1) is 11.4 Å². The van der Waals surface area contributed by atoms with Gasteiger partial charge in [-0.15, -0.1) is 0 Å². The number of aromatic nitrogens is 6. The molecule has 4 unspecified atom stereocenters.